The normalized spacial score (nSPS) is 13.1. The molecule has 0 aliphatic carbocycles. The first-order valence-corrected chi connectivity index (χ1v) is 42.4. The molecule has 0 aromatic heterocycles. The third-order valence-corrected chi connectivity index (χ3v) is 17.2. The molecule has 0 rings (SSSR count). The second-order valence-electron chi connectivity index (χ2n) is 34.4. The van der Waals surface area contributed by atoms with E-state index < -0.39 is 36.0 Å². The number of hydrogen-bond donors (Lipinski definition) is 8. The molecule has 115 heavy (non-hydrogen) atoms. The number of rotatable bonds is 51. The Morgan fingerprint density at radius 3 is 1.18 bits per heavy atom. The van der Waals surface area contributed by atoms with E-state index in [0.29, 0.717) is 143 Å². The van der Waals surface area contributed by atoms with E-state index in [4.69, 9.17) is 51.5 Å². The molecule has 0 aliphatic heterocycles. The SMILES string of the molecule is C.CC(=O)/C=C/CC(C)C.CC(=O)C(=O)CCC(C)C.CC(=O)C(O)C(O)C(O)C(C)C.CC(=O)CC(CN)CC(C)C.CC(=O)CCC(CN)C(C)C.CC(=O)CCC(N)C(C)C.CC(C)C/C=C\C(=O)O.CC(C)CCCCN(C(C)C)C(C)C.COCCOC(CC(=O)O)CC(C)C.COCCOC(CCC(C)=O)C(C)C. The molecular formula is C92H186N4O19. The second kappa shape index (κ2) is 88.6. The number of aliphatic carboxylic acids is 2. The molecule has 11 N–H and O–H groups in total. The zero-order chi connectivity index (χ0) is 91.5. The molecule has 0 heterocycles. The molecular weight excluding hydrogens is 1470 g/mol. The molecule has 0 aliphatic rings. The highest BCUT2D eigenvalue weighted by atomic mass is 16.5. The summed E-state index contributed by atoms with van der Waals surface area (Å²) in [4.78, 5) is 108. The number of methoxy groups -OCH3 is 2. The van der Waals surface area contributed by atoms with Crippen LogP contribution in [0.5, 0.6) is 0 Å². The predicted molar refractivity (Wildman–Crippen MR) is 478 cm³/mol. The maximum atomic E-state index is 10.8. The number of nitrogens with zero attached hydrogens (tertiary/aromatic N) is 1. The summed E-state index contributed by atoms with van der Waals surface area (Å²) in [6.45, 7) is 66.0. The summed E-state index contributed by atoms with van der Waals surface area (Å²) < 4.78 is 20.8. The van der Waals surface area contributed by atoms with E-state index in [2.05, 4.69) is 130 Å². The van der Waals surface area contributed by atoms with Crippen molar-refractivity contribution in [1.82, 2.24) is 4.90 Å². The summed E-state index contributed by atoms with van der Waals surface area (Å²) in [5.41, 5.74) is 16.8. The zero-order valence-corrected chi connectivity index (χ0v) is 79.0. The molecule has 0 fully saturated rings. The summed E-state index contributed by atoms with van der Waals surface area (Å²) in [5, 5.41) is 44.3. The number of aliphatic hydroxyl groups is 3. The van der Waals surface area contributed by atoms with E-state index in [1.54, 1.807) is 74.8 Å². The highest BCUT2D eigenvalue weighted by Gasteiger charge is 2.29. The third kappa shape index (κ3) is 116. The molecule has 0 saturated heterocycles. The van der Waals surface area contributed by atoms with Crippen molar-refractivity contribution in [3.63, 3.8) is 0 Å². The minimum Gasteiger partial charge on any atom is -0.481 e. The van der Waals surface area contributed by atoms with Gasteiger partial charge in [-0.15, -0.1) is 0 Å². The lowest BCUT2D eigenvalue weighted by atomic mass is 9.91. The van der Waals surface area contributed by atoms with Gasteiger partial charge in [-0.25, -0.2) is 4.79 Å². The average molecular weight is 1650 g/mol. The van der Waals surface area contributed by atoms with Gasteiger partial charge in [0, 0.05) is 77.4 Å². The van der Waals surface area contributed by atoms with Crippen LogP contribution in [0.1, 0.15) is 331 Å². The molecule has 0 amide bonds. The number of allylic oxidation sites excluding steroid dienone is 3. The van der Waals surface area contributed by atoms with Gasteiger partial charge in [0.05, 0.1) is 51.2 Å². The molecule has 688 valence electrons. The number of carboxylic acid groups (broad SMARTS) is 2. The van der Waals surface area contributed by atoms with E-state index in [1.165, 1.54) is 45.7 Å². The number of hydrogen-bond acceptors (Lipinski definition) is 21. The minimum absolute atomic E-state index is 0. The van der Waals surface area contributed by atoms with Crippen LogP contribution >= 0.6 is 0 Å². The Balaban J connectivity index is -0.000000116. The van der Waals surface area contributed by atoms with Gasteiger partial charge in [0.2, 0.25) is 0 Å². The summed E-state index contributed by atoms with van der Waals surface area (Å²) >= 11 is 0. The van der Waals surface area contributed by atoms with Gasteiger partial charge in [0.15, 0.2) is 23.1 Å². The fraction of sp³-hybridized carbons (Fsp3) is 0.848. The van der Waals surface area contributed by atoms with Crippen LogP contribution in [0.3, 0.4) is 0 Å². The van der Waals surface area contributed by atoms with Gasteiger partial charge in [0.1, 0.15) is 35.3 Å². The standard InChI is InChI=1S/C13H29N.C11H22O3.C10H20O4.2C9H19NO.C8H17NO.C8H16O4.C8H14O2.C8H14O.C7H12O2.CH4/c1-11(2)9-7-8-10-14(12(3)4)13(5)6;1-9(2)11(6-5-10(3)12)14-8-7-13-4;1-8(2)6-9(7-10(11)12)14-5-4-13-3;1-7(2)4-9(6-10)5-8(3)11;1-7(2)9(6-10)5-4-8(3)11;1-6(2)8(9)5-4-7(3)10;1-4(2)6(10)8(12)7(11)5(3)9;1-6(2)4-5-8(10)7(3)9;1-7(2)5-4-6-8(3)9;1-6(2)4-3-5-7(8)9;/h11-13H,7-10H2,1-6H3;9,11H,5-8H2,1-4H3;8-9H,4-7H2,1-3H3,(H,11,12);2*7,9H,4-6,10H2,1-3H3;6,8H,4-5,9H2,1-3H3;4,6-8,10-12H,1-3H3;6H,4-5H2,1-3H3;4,6-7H,5H2,1-3H3;3,5-6H,4H2,1-2H3,(H,8,9);1H4/b;;;;;;;;6-4+;5-3-;. The van der Waals surface area contributed by atoms with E-state index in [1.807, 2.05) is 33.8 Å². The van der Waals surface area contributed by atoms with Crippen LogP contribution in [-0.2, 0) is 66.9 Å². The smallest absolute Gasteiger partial charge is 0.327 e. The van der Waals surface area contributed by atoms with Crippen molar-refractivity contribution >= 4 is 58.2 Å². The van der Waals surface area contributed by atoms with Crippen molar-refractivity contribution in [2.24, 2.45) is 88.2 Å². The molecule has 0 saturated carbocycles. The Morgan fingerprint density at radius 1 is 0.435 bits per heavy atom. The van der Waals surface area contributed by atoms with Gasteiger partial charge < -0.3 is 80.9 Å². The lowest BCUT2D eigenvalue weighted by molar-refractivity contribution is -0.141. The highest BCUT2D eigenvalue weighted by Crippen LogP contribution is 2.18. The van der Waals surface area contributed by atoms with Gasteiger partial charge in [-0.3, -0.25) is 28.9 Å². The molecule has 0 radical (unpaired) electrons. The Labute approximate surface area is 704 Å². The van der Waals surface area contributed by atoms with Gasteiger partial charge in [0.25, 0.3) is 0 Å². The maximum Gasteiger partial charge on any atom is 0.327 e. The first-order chi connectivity index (χ1) is 52.4. The van der Waals surface area contributed by atoms with Crippen LogP contribution in [0.25, 0.3) is 0 Å². The number of ketones is 8. The first-order valence-electron chi connectivity index (χ1n) is 42.4. The Hall–Kier alpha value is -4.66. The monoisotopic (exact) mass is 1650 g/mol. The quantitative estimate of drug-likeness (QED) is 0.0159. The summed E-state index contributed by atoms with van der Waals surface area (Å²) in [5.74, 6) is 4.24. The fourth-order valence-electron chi connectivity index (χ4n) is 9.94. The lowest BCUT2D eigenvalue weighted by Gasteiger charge is -2.30. The number of unbranched alkanes of at least 4 members (excludes halogenated alkanes) is 1. The van der Waals surface area contributed by atoms with E-state index in [9.17, 15) is 58.2 Å². The van der Waals surface area contributed by atoms with Crippen molar-refractivity contribution in [2.75, 3.05) is 60.3 Å². The molecule has 0 bridgehead atoms. The number of ether oxygens (including phenoxy) is 4. The van der Waals surface area contributed by atoms with Crippen LogP contribution in [0, 0.1) is 71.0 Å². The Kier molecular flexibility index (Phi) is 103. The van der Waals surface area contributed by atoms with Crippen LogP contribution in [0.15, 0.2) is 24.3 Å². The second-order valence-corrected chi connectivity index (χ2v) is 34.4. The van der Waals surface area contributed by atoms with Crippen molar-refractivity contribution in [2.45, 2.75) is 380 Å². The Morgan fingerprint density at radius 2 is 0.870 bits per heavy atom. The molecule has 0 spiro atoms. The van der Waals surface area contributed by atoms with Crippen molar-refractivity contribution in [3.8, 4) is 0 Å². The summed E-state index contributed by atoms with van der Waals surface area (Å²) in [7, 11) is 3.25. The highest BCUT2D eigenvalue weighted by molar-refractivity contribution is 6.36. The molecule has 23 heteroatoms. The topological polar surface area (TPSA) is 390 Å². The van der Waals surface area contributed by atoms with E-state index in [0.717, 1.165) is 57.3 Å². The van der Waals surface area contributed by atoms with Crippen molar-refractivity contribution in [3.05, 3.63) is 24.3 Å². The van der Waals surface area contributed by atoms with Crippen LogP contribution in [-0.4, -0.2) is 198 Å². The van der Waals surface area contributed by atoms with Gasteiger partial charge in [-0.05, 0) is 224 Å². The summed E-state index contributed by atoms with van der Waals surface area (Å²) in [6, 6.07) is 1.56. The number of carboxylic acids is 2. The molecule has 0 aromatic carbocycles. The predicted octanol–water partition coefficient (Wildman–Crippen LogP) is 17.4. The van der Waals surface area contributed by atoms with Crippen LogP contribution < -0.4 is 17.2 Å². The third-order valence-electron chi connectivity index (χ3n) is 17.2. The van der Waals surface area contributed by atoms with Crippen molar-refractivity contribution in [1.29, 1.82) is 0 Å². The van der Waals surface area contributed by atoms with E-state index in [-0.39, 0.29) is 78.5 Å². The van der Waals surface area contributed by atoms with Crippen molar-refractivity contribution < 1.29 is 92.4 Å². The van der Waals surface area contributed by atoms with E-state index >= 15 is 0 Å². The maximum absolute atomic E-state index is 10.8. The zero-order valence-electron chi connectivity index (χ0n) is 79.0. The number of carbonyl (C=O) groups excluding carboxylic acids is 8. The lowest BCUT2D eigenvalue weighted by Crippen LogP contribution is -2.43. The molecule has 8 atom stereocenters. The number of aliphatic hydroxyl groups excluding tert-OH is 3. The molecule has 8 unspecified atom stereocenters. The molecule has 0 aromatic rings. The van der Waals surface area contributed by atoms with Gasteiger partial charge in [-0.1, -0.05) is 171 Å². The minimum atomic E-state index is -1.48. The average Bonchev–Trinajstić information content (AvgIpc) is 0.894. The Bertz CT molecular complexity index is 2350. The largest absolute Gasteiger partial charge is 0.481 e. The van der Waals surface area contributed by atoms with Crippen LogP contribution in [0.2, 0.25) is 0 Å². The molecule has 23 nitrogen and oxygen atoms in total. The number of nitrogens with two attached hydrogens (primary N) is 3. The van der Waals surface area contributed by atoms with Gasteiger partial charge in [-0.2, -0.15) is 0 Å². The first kappa shape index (κ1) is 134. The summed E-state index contributed by atoms with van der Waals surface area (Å²) in [6.07, 6.45) is 16.7. The number of carbonyl (C=O) groups is 10. The van der Waals surface area contributed by atoms with Gasteiger partial charge >= 0.3 is 11.9 Å². The van der Waals surface area contributed by atoms with Crippen LogP contribution in [0.4, 0.5) is 0 Å². The number of Topliss-reactive ketones (excluding diaryl/α,β-unsaturated/α-hetero) is 7. The fourth-order valence-corrected chi connectivity index (χ4v) is 9.94.